The molecule has 0 aromatic heterocycles. The second-order valence-electron chi connectivity index (χ2n) is 22.8. The van der Waals surface area contributed by atoms with E-state index in [-0.39, 0.29) is 25.6 Å². The summed E-state index contributed by atoms with van der Waals surface area (Å²) in [6, 6.07) is 0. The lowest BCUT2D eigenvalue weighted by Crippen LogP contribution is -2.37. The number of phosphoric acid groups is 1. The largest absolute Gasteiger partial charge is 0.472 e. The zero-order valence-electron chi connectivity index (χ0n) is 50.5. The van der Waals surface area contributed by atoms with E-state index in [4.69, 9.17) is 18.5 Å². The van der Waals surface area contributed by atoms with E-state index in [9.17, 15) is 19.0 Å². The maximum absolute atomic E-state index is 12.8. The van der Waals surface area contributed by atoms with Crippen molar-refractivity contribution in [3.63, 3.8) is 0 Å². The Morgan fingerprint density at radius 3 is 1.12 bits per heavy atom. The number of allylic oxidation sites excluding steroid dienone is 10. The highest BCUT2D eigenvalue weighted by molar-refractivity contribution is 7.47. The zero-order chi connectivity index (χ0) is 55.6. The lowest BCUT2D eigenvalue weighted by molar-refractivity contribution is -0.870. The molecule has 0 aromatic carbocycles. The number of ether oxygens (including phenoxy) is 2. The van der Waals surface area contributed by atoms with Crippen molar-refractivity contribution in [3.05, 3.63) is 60.8 Å². The van der Waals surface area contributed by atoms with Crippen LogP contribution in [0.25, 0.3) is 0 Å². The van der Waals surface area contributed by atoms with Crippen molar-refractivity contribution in [2.24, 2.45) is 0 Å². The first-order valence-corrected chi connectivity index (χ1v) is 33.5. The van der Waals surface area contributed by atoms with Crippen LogP contribution in [0.15, 0.2) is 60.8 Å². The predicted octanol–water partition coefficient (Wildman–Crippen LogP) is 20.3. The van der Waals surface area contributed by atoms with Gasteiger partial charge in [0.15, 0.2) is 6.10 Å². The van der Waals surface area contributed by atoms with Gasteiger partial charge in [-0.15, -0.1) is 0 Å². The van der Waals surface area contributed by atoms with Crippen LogP contribution in [0.1, 0.15) is 296 Å². The molecule has 2 atom stereocenters. The summed E-state index contributed by atoms with van der Waals surface area (Å²) in [5.74, 6) is -0.785. The van der Waals surface area contributed by atoms with E-state index in [1.165, 1.54) is 193 Å². The molecule has 76 heavy (non-hydrogen) atoms. The van der Waals surface area contributed by atoms with Crippen LogP contribution in [-0.4, -0.2) is 74.9 Å². The van der Waals surface area contributed by atoms with E-state index in [2.05, 4.69) is 74.6 Å². The molecule has 0 amide bonds. The fourth-order valence-corrected chi connectivity index (χ4v) is 9.90. The van der Waals surface area contributed by atoms with Gasteiger partial charge in [0, 0.05) is 12.8 Å². The minimum atomic E-state index is -4.39. The maximum Gasteiger partial charge on any atom is 0.472 e. The van der Waals surface area contributed by atoms with Crippen LogP contribution >= 0.6 is 7.82 Å². The number of esters is 2. The molecule has 0 rings (SSSR count). The van der Waals surface area contributed by atoms with E-state index < -0.39 is 26.5 Å². The number of carbonyl (C=O) groups excluding carboxylic acids is 2. The Morgan fingerprint density at radius 1 is 0.421 bits per heavy atom. The van der Waals surface area contributed by atoms with E-state index in [1.807, 2.05) is 21.1 Å². The standard InChI is InChI=1S/C66H122NO8P/c1-6-8-10-12-14-16-18-20-22-24-26-28-30-31-32-33-34-35-37-39-41-43-45-47-49-51-53-55-57-59-66(69)75-64(63-74-76(70,71)73-61-60-67(3,4)5)62-72-65(68)58-56-54-52-50-48-46-44-42-40-38-36-29-27-25-23-21-19-17-15-13-11-9-7-2/h8,10,14,16,20,22,26,28,31-32,64H,6-7,9,11-13,15,17-19,21,23-25,27,29-30,33-63H2,1-5H3/p+1/b10-8-,16-14-,22-20-,28-26-,32-31-. The highest BCUT2D eigenvalue weighted by Crippen LogP contribution is 2.43. The molecule has 444 valence electrons. The lowest BCUT2D eigenvalue weighted by atomic mass is 10.0. The summed E-state index contributed by atoms with van der Waals surface area (Å²) in [5, 5.41) is 0. The van der Waals surface area contributed by atoms with E-state index in [0.29, 0.717) is 23.9 Å². The van der Waals surface area contributed by atoms with Crippen LogP contribution in [0.5, 0.6) is 0 Å². The molecule has 0 spiro atoms. The number of hydrogen-bond donors (Lipinski definition) is 1. The highest BCUT2D eigenvalue weighted by atomic mass is 31.2. The molecule has 0 saturated carbocycles. The first-order valence-electron chi connectivity index (χ1n) is 32.0. The van der Waals surface area contributed by atoms with Gasteiger partial charge in [-0.25, -0.2) is 4.57 Å². The van der Waals surface area contributed by atoms with Crippen LogP contribution in [-0.2, 0) is 32.7 Å². The van der Waals surface area contributed by atoms with Crippen LogP contribution in [0.3, 0.4) is 0 Å². The average Bonchev–Trinajstić information content (AvgIpc) is 3.38. The Labute approximate surface area is 470 Å². The fourth-order valence-electron chi connectivity index (χ4n) is 9.16. The van der Waals surface area contributed by atoms with Gasteiger partial charge in [0.2, 0.25) is 0 Å². The molecule has 0 aromatic rings. The molecule has 0 radical (unpaired) electrons. The lowest BCUT2D eigenvalue weighted by Gasteiger charge is -2.24. The van der Waals surface area contributed by atoms with Gasteiger partial charge in [-0.2, -0.15) is 0 Å². The van der Waals surface area contributed by atoms with Gasteiger partial charge in [-0.1, -0.05) is 286 Å². The molecule has 9 nitrogen and oxygen atoms in total. The third-order valence-corrected chi connectivity index (χ3v) is 15.0. The van der Waals surface area contributed by atoms with Gasteiger partial charge in [0.1, 0.15) is 19.8 Å². The topological polar surface area (TPSA) is 108 Å². The Hall–Kier alpha value is -2.29. The van der Waals surface area contributed by atoms with Crippen LogP contribution in [0, 0.1) is 0 Å². The average molecular weight is 1090 g/mol. The summed E-state index contributed by atoms with van der Waals surface area (Å²) in [5.41, 5.74) is 0. The van der Waals surface area contributed by atoms with Gasteiger partial charge in [0.25, 0.3) is 0 Å². The molecule has 0 aliphatic carbocycles. The van der Waals surface area contributed by atoms with Crippen molar-refractivity contribution in [2.45, 2.75) is 302 Å². The van der Waals surface area contributed by atoms with E-state index in [1.54, 1.807) is 0 Å². The third-order valence-electron chi connectivity index (χ3n) is 14.1. The van der Waals surface area contributed by atoms with E-state index >= 15 is 0 Å². The number of quaternary nitrogens is 1. The third kappa shape index (κ3) is 60.9. The number of rotatable bonds is 59. The Balaban J connectivity index is 4.08. The minimum absolute atomic E-state index is 0.0319. The van der Waals surface area contributed by atoms with Crippen molar-refractivity contribution in [2.75, 3.05) is 47.5 Å². The molecule has 0 bridgehead atoms. The molecule has 0 aliphatic rings. The van der Waals surface area contributed by atoms with E-state index in [0.717, 1.165) is 70.6 Å². The minimum Gasteiger partial charge on any atom is -0.462 e. The van der Waals surface area contributed by atoms with Crippen LogP contribution in [0.2, 0.25) is 0 Å². The van der Waals surface area contributed by atoms with Crippen LogP contribution < -0.4 is 0 Å². The fraction of sp³-hybridized carbons (Fsp3) is 0.818. The van der Waals surface area contributed by atoms with Gasteiger partial charge in [-0.3, -0.25) is 18.6 Å². The number of likely N-dealkylation sites (N-methyl/N-ethyl adjacent to an activating group) is 1. The second-order valence-corrected chi connectivity index (χ2v) is 24.2. The van der Waals surface area contributed by atoms with Gasteiger partial charge in [0.05, 0.1) is 27.7 Å². The monoisotopic (exact) mass is 1090 g/mol. The molecular weight excluding hydrogens is 966 g/mol. The summed E-state index contributed by atoms with van der Waals surface area (Å²) >= 11 is 0. The molecule has 0 fully saturated rings. The number of phosphoric ester groups is 1. The SMILES string of the molecule is CC/C=C\C/C=C\C/C=C\C/C=C\C/C=C\CCCCCCCCCCCCCCCC(=O)OC(COC(=O)CCCCCCCCCCCCCCCCCCCCCCCCC)COP(=O)(O)OCC[N+](C)(C)C. The first-order chi connectivity index (χ1) is 37.0. The van der Waals surface area contributed by atoms with Crippen molar-refractivity contribution in [1.82, 2.24) is 0 Å². The quantitative estimate of drug-likeness (QED) is 0.0211. The molecule has 0 aliphatic heterocycles. The predicted molar refractivity (Wildman–Crippen MR) is 326 cm³/mol. The Morgan fingerprint density at radius 2 is 0.750 bits per heavy atom. The maximum atomic E-state index is 12.8. The Bertz CT molecular complexity index is 1470. The van der Waals surface area contributed by atoms with Crippen molar-refractivity contribution in [3.8, 4) is 0 Å². The van der Waals surface area contributed by atoms with Gasteiger partial charge >= 0.3 is 19.8 Å². The van der Waals surface area contributed by atoms with Gasteiger partial charge < -0.3 is 18.9 Å². The summed E-state index contributed by atoms with van der Waals surface area (Å²) in [6.45, 7) is 4.37. The molecule has 0 saturated heterocycles. The molecular formula is C66H123NO8P+. The smallest absolute Gasteiger partial charge is 0.462 e. The number of nitrogens with zero attached hydrogens (tertiary/aromatic N) is 1. The Kier molecular flexibility index (Phi) is 55.7. The first kappa shape index (κ1) is 73.7. The van der Waals surface area contributed by atoms with Crippen molar-refractivity contribution < 1.29 is 42.1 Å². The molecule has 1 N–H and O–H groups in total. The number of carbonyl (C=O) groups is 2. The summed E-state index contributed by atoms with van der Waals surface area (Å²) < 4.78 is 34.7. The van der Waals surface area contributed by atoms with Crippen molar-refractivity contribution >= 4 is 19.8 Å². The molecule has 2 unspecified atom stereocenters. The zero-order valence-corrected chi connectivity index (χ0v) is 51.4. The molecule has 0 heterocycles. The van der Waals surface area contributed by atoms with Crippen LogP contribution in [0.4, 0.5) is 0 Å². The molecule has 10 heteroatoms. The number of hydrogen-bond acceptors (Lipinski definition) is 7. The van der Waals surface area contributed by atoms with Crippen molar-refractivity contribution in [1.29, 1.82) is 0 Å². The second kappa shape index (κ2) is 57.4. The summed E-state index contributed by atoms with van der Waals surface area (Å²) in [7, 11) is 1.49. The highest BCUT2D eigenvalue weighted by Gasteiger charge is 2.27. The van der Waals surface area contributed by atoms with Gasteiger partial charge in [-0.05, 0) is 57.8 Å². The number of unbranched alkanes of at least 4 members (excludes halogenated alkanes) is 35. The normalized spacial score (nSPS) is 13.6. The summed E-state index contributed by atoms with van der Waals surface area (Å²) in [6.07, 6.45) is 74.4. The summed E-state index contributed by atoms with van der Waals surface area (Å²) in [4.78, 5) is 35.8.